The van der Waals surface area contributed by atoms with Crippen LogP contribution in [0.4, 0.5) is 5.69 Å². The average Bonchev–Trinajstić information content (AvgIpc) is 2.72. The van der Waals surface area contributed by atoms with Crippen molar-refractivity contribution in [1.29, 1.82) is 0 Å². The second kappa shape index (κ2) is 7.36. The van der Waals surface area contributed by atoms with E-state index in [4.69, 9.17) is 9.47 Å². The molecular weight excluding hydrogens is 362 g/mol. The highest BCUT2D eigenvalue weighted by Crippen LogP contribution is 2.35. The van der Waals surface area contributed by atoms with E-state index < -0.39 is 16.9 Å². The van der Waals surface area contributed by atoms with Crippen LogP contribution in [0.3, 0.4) is 0 Å². The summed E-state index contributed by atoms with van der Waals surface area (Å²) in [4.78, 5) is 22.8. The van der Waals surface area contributed by atoms with Crippen LogP contribution < -0.4 is 14.9 Å². The molecule has 0 spiro atoms. The lowest BCUT2D eigenvalue weighted by atomic mass is 10.1. The summed E-state index contributed by atoms with van der Waals surface area (Å²) in [7, 11) is 0. The Hall–Kier alpha value is -3.94. The number of amides is 1. The monoisotopic (exact) mass is 377 g/mol. The first kappa shape index (κ1) is 17.5. The fourth-order valence-corrected chi connectivity index (χ4v) is 2.89. The van der Waals surface area contributed by atoms with Crippen LogP contribution in [0.1, 0.15) is 5.56 Å². The van der Waals surface area contributed by atoms with E-state index in [1.54, 1.807) is 12.1 Å². The van der Waals surface area contributed by atoms with E-state index in [1.807, 2.05) is 36.4 Å². The predicted octanol–water partition coefficient (Wildman–Crippen LogP) is 3.04. The zero-order chi connectivity index (χ0) is 19.5. The standard InChI is InChI=1S/C20H15N3O5/c24-20(22-21-11-15-7-3-4-8-16(15)23(25)26)19-12-27-17-9-13-5-1-2-6-14(13)10-18(17)28-19/h1-11,19H,12H2,(H,22,24). The van der Waals surface area contributed by atoms with E-state index in [0.29, 0.717) is 11.5 Å². The van der Waals surface area contributed by atoms with Crippen LogP contribution in [-0.4, -0.2) is 29.8 Å². The van der Waals surface area contributed by atoms with Crippen molar-refractivity contribution in [3.05, 3.63) is 76.3 Å². The van der Waals surface area contributed by atoms with Gasteiger partial charge >= 0.3 is 0 Å². The third kappa shape index (κ3) is 3.48. The molecule has 1 amide bonds. The van der Waals surface area contributed by atoms with Gasteiger partial charge in [0.05, 0.1) is 16.7 Å². The summed E-state index contributed by atoms with van der Waals surface area (Å²) in [6.45, 7) is 0.0399. The van der Waals surface area contributed by atoms with Crippen molar-refractivity contribution in [2.45, 2.75) is 6.10 Å². The largest absolute Gasteiger partial charge is 0.485 e. The molecule has 4 rings (SSSR count). The van der Waals surface area contributed by atoms with Crippen LogP contribution in [-0.2, 0) is 4.79 Å². The molecule has 0 aromatic heterocycles. The summed E-state index contributed by atoms with van der Waals surface area (Å²) in [5, 5.41) is 16.8. The molecule has 1 N–H and O–H groups in total. The highest BCUT2D eigenvalue weighted by molar-refractivity contribution is 5.89. The molecule has 0 radical (unpaired) electrons. The maximum Gasteiger partial charge on any atom is 0.284 e. The van der Waals surface area contributed by atoms with Crippen LogP contribution in [0.5, 0.6) is 11.5 Å². The van der Waals surface area contributed by atoms with Crippen LogP contribution in [0.25, 0.3) is 10.8 Å². The van der Waals surface area contributed by atoms with Crippen LogP contribution in [0.2, 0.25) is 0 Å². The summed E-state index contributed by atoms with van der Waals surface area (Å²) in [5.41, 5.74) is 2.52. The Bertz CT molecular complexity index is 1100. The molecule has 0 fully saturated rings. The molecule has 140 valence electrons. The second-order valence-electron chi connectivity index (χ2n) is 6.11. The van der Waals surface area contributed by atoms with Gasteiger partial charge in [0.25, 0.3) is 11.6 Å². The number of carbonyl (C=O) groups is 1. The number of fused-ring (bicyclic) bond motifs is 2. The van der Waals surface area contributed by atoms with Gasteiger partial charge < -0.3 is 9.47 Å². The molecule has 1 atom stereocenters. The number of hydrogen-bond donors (Lipinski definition) is 1. The van der Waals surface area contributed by atoms with Crippen molar-refractivity contribution >= 4 is 28.6 Å². The number of nitro groups is 1. The minimum atomic E-state index is -0.878. The summed E-state index contributed by atoms with van der Waals surface area (Å²) in [6, 6.07) is 17.6. The summed E-state index contributed by atoms with van der Waals surface area (Å²) in [5.74, 6) is 0.549. The predicted molar refractivity (Wildman–Crippen MR) is 103 cm³/mol. The highest BCUT2D eigenvalue weighted by atomic mass is 16.6. The summed E-state index contributed by atoms with van der Waals surface area (Å²) in [6.07, 6.45) is 0.345. The maximum atomic E-state index is 12.3. The maximum absolute atomic E-state index is 12.3. The molecule has 0 aliphatic carbocycles. The third-order valence-corrected chi connectivity index (χ3v) is 4.28. The van der Waals surface area contributed by atoms with E-state index in [1.165, 1.54) is 18.3 Å². The third-order valence-electron chi connectivity index (χ3n) is 4.28. The number of nitrogens with one attached hydrogen (secondary N) is 1. The van der Waals surface area contributed by atoms with Crippen LogP contribution in [0.15, 0.2) is 65.8 Å². The Morgan fingerprint density at radius 2 is 1.79 bits per heavy atom. The minimum Gasteiger partial charge on any atom is -0.485 e. The van der Waals surface area contributed by atoms with Gasteiger partial charge in [0.1, 0.15) is 6.61 Å². The minimum absolute atomic E-state index is 0.0399. The summed E-state index contributed by atoms with van der Waals surface area (Å²) < 4.78 is 11.4. The molecule has 28 heavy (non-hydrogen) atoms. The number of rotatable bonds is 4. The molecule has 0 saturated carbocycles. The fourth-order valence-electron chi connectivity index (χ4n) is 2.89. The number of benzene rings is 3. The molecule has 0 saturated heterocycles. The number of para-hydroxylation sites is 1. The number of nitrogens with zero attached hydrogens (tertiary/aromatic N) is 2. The number of nitro benzene ring substituents is 1. The lowest BCUT2D eigenvalue weighted by Gasteiger charge is -2.25. The Kier molecular flexibility index (Phi) is 4.59. The summed E-state index contributed by atoms with van der Waals surface area (Å²) >= 11 is 0. The van der Waals surface area contributed by atoms with E-state index in [2.05, 4.69) is 10.5 Å². The number of hydrogen-bond acceptors (Lipinski definition) is 6. The van der Waals surface area contributed by atoms with Crippen molar-refractivity contribution in [1.82, 2.24) is 5.43 Å². The lowest BCUT2D eigenvalue weighted by molar-refractivity contribution is -0.385. The van der Waals surface area contributed by atoms with Gasteiger partial charge in [-0.05, 0) is 29.0 Å². The molecule has 1 heterocycles. The van der Waals surface area contributed by atoms with Crippen molar-refractivity contribution in [3.63, 3.8) is 0 Å². The van der Waals surface area contributed by atoms with Gasteiger partial charge in [-0.25, -0.2) is 5.43 Å². The van der Waals surface area contributed by atoms with E-state index in [-0.39, 0.29) is 17.9 Å². The second-order valence-corrected chi connectivity index (χ2v) is 6.11. The molecule has 0 bridgehead atoms. The first-order valence-electron chi connectivity index (χ1n) is 8.50. The van der Waals surface area contributed by atoms with Crippen molar-refractivity contribution in [3.8, 4) is 11.5 Å². The van der Waals surface area contributed by atoms with Gasteiger partial charge in [0, 0.05) is 6.07 Å². The van der Waals surface area contributed by atoms with Gasteiger partial charge in [-0.1, -0.05) is 36.4 Å². The Balaban J connectivity index is 1.45. The van der Waals surface area contributed by atoms with Gasteiger partial charge in [0.2, 0.25) is 6.10 Å². The molecule has 3 aromatic rings. The van der Waals surface area contributed by atoms with Gasteiger partial charge in [-0.15, -0.1) is 0 Å². The molecular formula is C20H15N3O5. The van der Waals surface area contributed by atoms with E-state index in [9.17, 15) is 14.9 Å². The van der Waals surface area contributed by atoms with Crippen molar-refractivity contribution in [2.75, 3.05) is 6.61 Å². The quantitative estimate of drug-likeness (QED) is 0.428. The van der Waals surface area contributed by atoms with Crippen LogP contribution in [0, 0.1) is 10.1 Å². The molecule has 1 aliphatic heterocycles. The zero-order valence-corrected chi connectivity index (χ0v) is 14.6. The van der Waals surface area contributed by atoms with Gasteiger partial charge in [-0.3, -0.25) is 14.9 Å². The van der Waals surface area contributed by atoms with Gasteiger partial charge in [0.15, 0.2) is 11.5 Å². The van der Waals surface area contributed by atoms with Crippen LogP contribution >= 0.6 is 0 Å². The van der Waals surface area contributed by atoms with E-state index >= 15 is 0 Å². The smallest absolute Gasteiger partial charge is 0.284 e. The zero-order valence-electron chi connectivity index (χ0n) is 14.6. The Labute approximate surface area is 159 Å². The number of carbonyl (C=O) groups excluding carboxylic acids is 1. The van der Waals surface area contributed by atoms with E-state index in [0.717, 1.165) is 10.8 Å². The topological polar surface area (TPSA) is 103 Å². The Morgan fingerprint density at radius 3 is 2.54 bits per heavy atom. The average molecular weight is 377 g/mol. The Morgan fingerprint density at radius 1 is 1.11 bits per heavy atom. The lowest BCUT2D eigenvalue weighted by Crippen LogP contribution is -2.42. The molecule has 3 aromatic carbocycles. The molecule has 1 unspecified atom stereocenters. The molecule has 8 heteroatoms. The molecule has 8 nitrogen and oxygen atoms in total. The first-order valence-corrected chi connectivity index (χ1v) is 8.50. The normalized spacial score (nSPS) is 15.5. The first-order chi connectivity index (χ1) is 13.6. The highest BCUT2D eigenvalue weighted by Gasteiger charge is 2.27. The SMILES string of the molecule is O=C(NN=Cc1ccccc1[N+](=O)[O-])C1COc2cc3ccccc3cc2O1. The van der Waals surface area contributed by atoms with Gasteiger partial charge in [-0.2, -0.15) is 5.10 Å². The fraction of sp³-hybridized carbons (Fsp3) is 0.100. The number of hydrazone groups is 1. The molecule has 1 aliphatic rings. The van der Waals surface area contributed by atoms with Crippen molar-refractivity contribution in [2.24, 2.45) is 5.10 Å². The van der Waals surface area contributed by atoms with Crippen molar-refractivity contribution < 1.29 is 19.2 Å². The number of ether oxygens (including phenoxy) is 2.